The zero-order valence-corrected chi connectivity index (χ0v) is 13.2. The molecule has 2 aromatic heterocycles. The largest absolute Gasteiger partial charge is 0.446 e. The maximum absolute atomic E-state index is 14.1. The molecule has 1 aliphatic carbocycles. The van der Waals surface area contributed by atoms with Crippen molar-refractivity contribution in [2.75, 3.05) is 0 Å². The average Bonchev–Trinajstić information content (AvgIpc) is 3.15. The third kappa shape index (κ3) is 2.41. The second-order valence-electron chi connectivity index (χ2n) is 5.74. The molecular weight excluding hydrogens is 317 g/mol. The van der Waals surface area contributed by atoms with Crippen molar-refractivity contribution in [3.05, 3.63) is 47.2 Å². The molecule has 0 N–H and O–H groups in total. The standard InChI is InChI=1S/C16H14FN3O2S/c1-9-12(17)6-13-15(19-8-23-13)14(9)10-4-11(5-10)22-16(21)20-3-2-18-7-20/h2-3,6-8,10-11H,4-5H2,1H3. The van der Waals surface area contributed by atoms with Crippen molar-refractivity contribution in [3.63, 3.8) is 0 Å². The van der Waals surface area contributed by atoms with Crippen molar-refractivity contribution in [1.29, 1.82) is 0 Å². The van der Waals surface area contributed by atoms with Crippen LogP contribution >= 0.6 is 11.3 Å². The Balaban J connectivity index is 1.51. The number of imidazole rings is 1. The Morgan fingerprint density at radius 2 is 2.30 bits per heavy atom. The van der Waals surface area contributed by atoms with Crippen molar-refractivity contribution in [2.24, 2.45) is 0 Å². The minimum Gasteiger partial charge on any atom is -0.446 e. The highest BCUT2D eigenvalue weighted by Crippen LogP contribution is 2.44. The summed E-state index contributed by atoms with van der Waals surface area (Å²) in [6.07, 6.45) is 5.29. The number of thiazole rings is 1. The number of halogens is 1. The van der Waals surface area contributed by atoms with Crippen LogP contribution < -0.4 is 0 Å². The van der Waals surface area contributed by atoms with E-state index >= 15 is 0 Å². The highest BCUT2D eigenvalue weighted by molar-refractivity contribution is 7.16. The number of ether oxygens (including phenoxy) is 1. The second-order valence-corrected chi connectivity index (χ2v) is 6.63. The van der Waals surface area contributed by atoms with Gasteiger partial charge in [0, 0.05) is 12.4 Å². The fourth-order valence-electron chi connectivity index (χ4n) is 3.06. The molecule has 1 fully saturated rings. The van der Waals surface area contributed by atoms with E-state index in [-0.39, 0.29) is 17.8 Å². The predicted molar refractivity (Wildman–Crippen MR) is 84.2 cm³/mol. The number of nitrogens with zero attached hydrogens (tertiary/aromatic N) is 3. The zero-order valence-electron chi connectivity index (χ0n) is 12.4. The Bertz CT molecular complexity index is 869. The highest BCUT2D eigenvalue weighted by atomic mass is 32.1. The summed E-state index contributed by atoms with van der Waals surface area (Å²) >= 11 is 1.44. The topological polar surface area (TPSA) is 57.0 Å². The summed E-state index contributed by atoms with van der Waals surface area (Å²) in [4.78, 5) is 20.1. The number of hydrogen-bond donors (Lipinski definition) is 0. The summed E-state index contributed by atoms with van der Waals surface area (Å²) in [6.45, 7) is 1.79. The fourth-order valence-corrected chi connectivity index (χ4v) is 3.77. The minimum atomic E-state index is -0.430. The Morgan fingerprint density at radius 1 is 1.48 bits per heavy atom. The lowest BCUT2D eigenvalue weighted by atomic mass is 9.75. The molecule has 4 rings (SSSR count). The minimum absolute atomic E-state index is 0.147. The molecule has 2 heterocycles. The van der Waals surface area contributed by atoms with E-state index in [0.29, 0.717) is 18.4 Å². The van der Waals surface area contributed by atoms with Crippen LogP contribution in [0, 0.1) is 12.7 Å². The summed E-state index contributed by atoms with van der Waals surface area (Å²) in [5.41, 5.74) is 4.21. The van der Waals surface area contributed by atoms with Crippen molar-refractivity contribution in [2.45, 2.75) is 31.8 Å². The molecule has 7 heteroatoms. The summed E-state index contributed by atoms with van der Waals surface area (Å²) in [7, 11) is 0. The predicted octanol–water partition coefficient (Wildman–Crippen LogP) is 3.87. The molecule has 0 aliphatic heterocycles. The third-order valence-corrected chi connectivity index (χ3v) is 5.13. The smallest absolute Gasteiger partial charge is 0.419 e. The highest BCUT2D eigenvalue weighted by Gasteiger charge is 2.36. The molecule has 0 bridgehead atoms. The van der Waals surface area contributed by atoms with E-state index in [1.54, 1.807) is 24.7 Å². The lowest BCUT2D eigenvalue weighted by molar-refractivity contribution is 0.0403. The van der Waals surface area contributed by atoms with Crippen LogP contribution in [0.5, 0.6) is 0 Å². The van der Waals surface area contributed by atoms with Gasteiger partial charge in [-0.05, 0) is 42.9 Å². The first-order valence-corrected chi connectivity index (χ1v) is 8.22. The molecule has 1 aliphatic rings. The maximum atomic E-state index is 14.1. The molecular formula is C16H14FN3O2S. The molecule has 0 unspecified atom stereocenters. The van der Waals surface area contributed by atoms with E-state index in [1.807, 2.05) is 0 Å². The van der Waals surface area contributed by atoms with Crippen LogP contribution in [0.1, 0.15) is 29.9 Å². The van der Waals surface area contributed by atoms with Gasteiger partial charge in [0.25, 0.3) is 0 Å². The number of benzene rings is 1. The van der Waals surface area contributed by atoms with Gasteiger partial charge >= 0.3 is 6.09 Å². The molecule has 0 saturated heterocycles. The number of hydrogen-bond acceptors (Lipinski definition) is 5. The van der Waals surface area contributed by atoms with E-state index in [1.165, 1.54) is 28.4 Å². The van der Waals surface area contributed by atoms with Gasteiger partial charge in [0.1, 0.15) is 18.2 Å². The fraction of sp³-hybridized carbons (Fsp3) is 0.312. The number of aromatic nitrogens is 3. The van der Waals surface area contributed by atoms with Crippen LogP contribution in [0.25, 0.3) is 10.2 Å². The average molecular weight is 331 g/mol. The molecule has 1 saturated carbocycles. The van der Waals surface area contributed by atoms with Crippen molar-refractivity contribution in [3.8, 4) is 0 Å². The van der Waals surface area contributed by atoms with E-state index in [4.69, 9.17) is 4.74 Å². The summed E-state index contributed by atoms with van der Waals surface area (Å²) in [5.74, 6) is -0.0218. The third-order valence-electron chi connectivity index (χ3n) is 4.36. The Kier molecular flexibility index (Phi) is 3.37. The number of carbonyl (C=O) groups is 1. The van der Waals surface area contributed by atoms with Gasteiger partial charge < -0.3 is 4.74 Å². The molecule has 0 spiro atoms. The first kappa shape index (κ1) is 14.3. The molecule has 118 valence electrons. The van der Waals surface area contributed by atoms with E-state index < -0.39 is 6.09 Å². The molecule has 0 atom stereocenters. The molecule has 0 radical (unpaired) electrons. The van der Waals surface area contributed by atoms with Crippen LogP contribution in [0.2, 0.25) is 0 Å². The van der Waals surface area contributed by atoms with Crippen LogP contribution in [0.3, 0.4) is 0 Å². The Hall–Kier alpha value is -2.28. The first-order chi connectivity index (χ1) is 11.1. The Labute approximate surface area is 135 Å². The first-order valence-electron chi connectivity index (χ1n) is 7.34. The van der Waals surface area contributed by atoms with Gasteiger partial charge in [0.2, 0.25) is 0 Å². The van der Waals surface area contributed by atoms with Gasteiger partial charge in [-0.2, -0.15) is 0 Å². The number of fused-ring (bicyclic) bond motifs is 1. The second kappa shape index (κ2) is 5.42. The number of carbonyl (C=O) groups excluding carboxylic acids is 1. The molecule has 5 nitrogen and oxygen atoms in total. The Morgan fingerprint density at radius 3 is 3.04 bits per heavy atom. The quantitative estimate of drug-likeness (QED) is 0.715. The maximum Gasteiger partial charge on any atom is 0.419 e. The normalized spacial score (nSPS) is 20.4. The lowest BCUT2D eigenvalue weighted by Crippen LogP contribution is -2.33. The van der Waals surface area contributed by atoms with Gasteiger partial charge in [0.05, 0.1) is 15.7 Å². The molecule has 0 amide bonds. The van der Waals surface area contributed by atoms with Crippen molar-refractivity contribution in [1.82, 2.24) is 14.5 Å². The summed E-state index contributed by atoms with van der Waals surface area (Å²) in [5, 5.41) is 0. The van der Waals surface area contributed by atoms with E-state index in [2.05, 4.69) is 9.97 Å². The zero-order chi connectivity index (χ0) is 16.0. The van der Waals surface area contributed by atoms with E-state index in [0.717, 1.165) is 15.8 Å². The van der Waals surface area contributed by atoms with Gasteiger partial charge in [-0.25, -0.2) is 23.7 Å². The van der Waals surface area contributed by atoms with Crippen LogP contribution in [0.4, 0.5) is 9.18 Å². The van der Waals surface area contributed by atoms with Crippen molar-refractivity contribution < 1.29 is 13.9 Å². The monoisotopic (exact) mass is 331 g/mol. The SMILES string of the molecule is Cc1c(F)cc2scnc2c1C1CC(OC(=O)n2ccnc2)C1. The lowest BCUT2D eigenvalue weighted by Gasteiger charge is -2.35. The summed E-state index contributed by atoms with van der Waals surface area (Å²) < 4.78 is 21.7. The van der Waals surface area contributed by atoms with Gasteiger partial charge in [-0.3, -0.25) is 0 Å². The molecule has 3 aromatic rings. The number of rotatable bonds is 2. The van der Waals surface area contributed by atoms with Crippen LogP contribution in [-0.2, 0) is 4.74 Å². The van der Waals surface area contributed by atoms with Gasteiger partial charge in [-0.1, -0.05) is 0 Å². The van der Waals surface area contributed by atoms with Gasteiger partial charge in [0.15, 0.2) is 0 Å². The van der Waals surface area contributed by atoms with Crippen molar-refractivity contribution >= 4 is 27.6 Å². The summed E-state index contributed by atoms with van der Waals surface area (Å²) in [6, 6.07) is 1.54. The van der Waals surface area contributed by atoms with Gasteiger partial charge in [-0.15, -0.1) is 11.3 Å². The molecule has 1 aromatic carbocycles. The van der Waals surface area contributed by atoms with Crippen LogP contribution in [-0.4, -0.2) is 26.7 Å². The van der Waals surface area contributed by atoms with E-state index in [9.17, 15) is 9.18 Å². The molecule has 23 heavy (non-hydrogen) atoms. The van der Waals surface area contributed by atoms with Crippen LogP contribution in [0.15, 0.2) is 30.3 Å².